The third-order valence-electron chi connectivity index (χ3n) is 4.70. The number of amides is 1. The van der Waals surface area contributed by atoms with Gasteiger partial charge in [-0.2, -0.15) is 0 Å². The van der Waals surface area contributed by atoms with Crippen LogP contribution in [0.25, 0.3) is 16.7 Å². The lowest BCUT2D eigenvalue weighted by atomic mass is 10.2. The minimum absolute atomic E-state index is 0.0899. The summed E-state index contributed by atoms with van der Waals surface area (Å²) in [5, 5.41) is 6.47. The van der Waals surface area contributed by atoms with Crippen LogP contribution < -0.4 is 16.2 Å². The van der Waals surface area contributed by atoms with E-state index in [2.05, 4.69) is 30.6 Å². The number of para-hydroxylation sites is 1. The number of nitrogens with zero attached hydrogens (tertiary/aromatic N) is 6. The summed E-state index contributed by atoms with van der Waals surface area (Å²) in [6, 6.07) is 8.88. The summed E-state index contributed by atoms with van der Waals surface area (Å²) in [6.07, 6.45) is 4.95. The van der Waals surface area contributed by atoms with Crippen molar-refractivity contribution in [3.05, 3.63) is 71.1 Å². The van der Waals surface area contributed by atoms with Crippen molar-refractivity contribution in [2.24, 2.45) is 0 Å². The van der Waals surface area contributed by atoms with Gasteiger partial charge in [0.25, 0.3) is 5.56 Å². The number of benzene rings is 1. The van der Waals surface area contributed by atoms with E-state index in [0.29, 0.717) is 35.6 Å². The van der Waals surface area contributed by atoms with E-state index >= 15 is 0 Å². The molecule has 0 aliphatic carbocycles. The normalized spacial score (nSPS) is 10.9. The lowest BCUT2D eigenvalue weighted by molar-refractivity contribution is -0.121. The highest BCUT2D eigenvalue weighted by atomic mass is 16.2. The fraction of sp³-hybridized carbons (Fsp3) is 0.238. The Morgan fingerprint density at radius 1 is 1.10 bits per heavy atom. The number of imidazole rings is 1. The van der Waals surface area contributed by atoms with Gasteiger partial charge in [-0.3, -0.25) is 18.7 Å². The predicted molar refractivity (Wildman–Crippen MR) is 116 cm³/mol. The second-order valence-corrected chi connectivity index (χ2v) is 6.97. The number of nitrogens with one attached hydrogen (secondary N) is 2. The number of hydrogen-bond donors (Lipinski definition) is 2. The molecule has 0 aliphatic heterocycles. The number of rotatable bonds is 7. The molecular formula is C21H22N8O2. The van der Waals surface area contributed by atoms with E-state index in [9.17, 15) is 9.59 Å². The largest absolute Gasteiger partial charge is 0.368 e. The van der Waals surface area contributed by atoms with Gasteiger partial charge in [-0.05, 0) is 26.0 Å². The molecule has 1 aromatic carbocycles. The van der Waals surface area contributed by atoms with Crippen LogP contribution in [0.15, 0.2) is 53.8 Å². The molecule has 10 nitrogen and oxygen atoms in total. The molecule has 3 heterocycles. The summed E-state index contributed by atoms with van der Waals surface area (Å²) in [5.41, 5.74) is 0.372. The van der Waals surface area contributed by atoms with Crippen LogP contribution in [-0.2, 0) is 11.3 Å². The zero-order chi connectivity index (χ0) is 21.8. The summed E-state index contributed by atoms with van der Waals surface area (Å²) in [7, 11) is 0. The van der Waals surface area contributed by atoms with Crippen LogP contribution in [0.1, 0.15) is 11.6 Å². The van der Waals surface area contributed by atoms with Gasteiger partial charge in [0.2, 0.25) is 5.91 Å². The molecule has 0 saturated heterocycles. The highest BCUT2D eigenvalue weighted by molar-refractivity contribution is 5.78. The molecule has 3 aromatic heterocycles. The Bertz CT molecular complexity index is 1290. The molecule has 0 fully saturated rings. The van der Waals surface area contributed by atoms with Crippen molar-refractivity contribution in [2.45, 2.75) is 20.4 Å². The number of aryl methyl sites for hydroxylation is 2. The molecule has 0 aliphatic rings. The maximum atomic E-state index is 12.5. The van der Waals surface area contributed by atoms with Crippen LogP contribution in [-0.4, -0.2) is 48.1 Å². The third-order valence-corrected chi connectivity index (χ3v) is 4.70. The van der Waals surface area contributed by atoms with Gasteiger partial charge in [-0.25, -0.2) is 19.9 Å². The monoisotopic (exact) mass is 418 g/mol. The number of aromatic nitrogens is 6. The van der Waals surface area contributed by atoms with Gasteiger partial charge < -0.3 is 10.6 Å². The lowest BCUT2D eigenvalue weighted by Crippen LogP contribution is -2.35. The number of carbonyl (C=O) groups excluding carboxylic acids is 1. The Balaban J connectivity index is 1.33. The SMILES string of the molecule is Cc1nc(NCCNC(=O)Cn2cnc3ccccc3c2=O)cc(-n2ccnc2C)n1. The number of carbonyl (C=O) groups is 1. The minimum atomic E-state index is -0.269. The highest BCUT2D eigenvalue weighted by Crippen LogP contribution is 2.12. The van der Waals surface area contributed by atoms with E-state index in [-0.39, 0.29) is 18.0 Å². The number of hydrogen-bond acceptors (Lipinski definition) is 7. The molecule has 4 aromatic rings. The van der Waals surface area contributed by atoms with Gasteiger partial charge in [0.15, 0.2) is 0 Å². The summed E-state index contributed by atoms with van der Waals surface area (Å²) in [4.78, 5) is 42.0. The first kappa shape index (κ1) is 20.2. The van der Waals surface area contributed by atoms with Crippen LogP contribution in [0.2, 0.25) is 0 Å². The summed E-state index contributed by atoms with van der Waals surface area (Å²) < 4.78 is 3.18. The second-order valence-electron chi connectivity index (χ2n) is 6.97. The van der Waals surface area contributed by atoms with Crippen LogP contribution in [0.4, 0.5) is 5.82 Å². The molecule has 0 unspecified atom stereocenters. The molecule has 2 N–H and O–H groups in total. The maximum Gasteiger partial charge on any atom is 0.261 e. The summed E-state index contributed by atoms with van der Waals surface area (Å²) in [6.45, 7) is 4.47. The van der Waals surface area contributed by atoms with Crippen molar-refractivity contribution in [3.8, 4) is 5.82 Å². The van der Waals surface area contributed by atoms with E-state index in [1.165, 1.54) is 10.9 Å². The van der Waals surface area contributed by atoms with E-state index in [1.807, 2.05) is 36.7 Å². The Labute approximate surface area is 178 Å². The van der Waals surface area contributed by atoms with E-state index in [0.717, 1.165) is 11.6 Å². The van der Waals surface area contributed by atoms with Crippen LogP contribution in [0, 0.1) is 13.8 Å². The Morgan fingerprint density at radius 3 is 2.74 bits per heavy atom. The minimum Gasteiger partial charge on any atom is -0.368 e. The van der Waals surface area contributed by atoms with Crippen LogP contribution in [0.3, 0.4) is 0 Å². The molecular weight excluding hydrogens is 396 g/mol. The third kappa shape index (κ3) is 4.58. The first-order valence-electron chi connectivity index (χ1n) is 9.82. The molecule has 0 saturated carbocycles. The van der Waals surface area contributed by atoms with Crippen molar-refractivity contribution in [1.29, 1.82) is 0 Å². The van der Waals surface area contributed by atoms with Crippen LogP contribution >= 0.6 is 0 Å². The molecule has 0 bridgehead atoms. The van der Waals surface area contributed by atoms with Crippen molar-refractivity contribution in [2.75, 3.05) is 18.4 Å². The molecule has 0 atom stereocenters. The van der Waals surface area contributed by atoms with Crippen LogP contribution in [0.5, 0.6) is 0 Å². The molecule has 0 spiro atoms. The first-order valence-corrected chi connectivity index (χ1v) is 9.82. The highest BCUT2D eigenvalue weighted by Gasteiger charge is 2.09. The Hall–Kier alpha value is -4.08. The van der Waals surface area contributed by atoms with Gasteiger partial charge in [0.05, 0.1) is 17.2 Å². The molecule has 0 radical (unpaired) electrons. The van der Waals surface area contributed by atoms with Gasteiger partial charge in [0, 0.05) is 31.5 Å². The summed E-state index contributed by atoms with van der Waals surface area (Å²) in [5.74, 6) is 2.56. The molecule has 4 rings (SSSR count). The van der Waals surface area contributed by atoms with Crippen molar-refractivity contribution < 1.29 is 4.79 Å². The van der Waals surface area contributed by atoms with Crippen molar-refractivity contribution in [1.82, 2.24) is 34.4 Å². The average Bonchev–Trinajstić information content (AvgIpc) is 3.19. The predicted octanol–water partition coefficient (Wildman–Crippen LogP) is 1.22. The zero-order valence-electron chi connectivity index (χ0n) is 17.2. The van der Waals surface area contributed by atoms with Gasteiger partial charge in [0.1, 0.15) is 29.8 Å². The Morgan fingerprint density at radius 2 is 1.94 bits per heavy atom. The van der Waals surface area contributed by atoms with Crippen molar-refractivity contribution >= 4 is 22.6 Å². The maximum absolute atomic E-state index is 12.5. The van der Waals surface area contributed by atoms with E-state index < -0.39 is 0 Å². The standard InChI is InChI=1S/C21H22N8O2/c1-14-26-18(11-19(27-14)29-10-9-22-15(29)2)23-7-8-24-20(30)12-28-13-25-17-6-4-3-5-16(17)21(28)31/h3-6,9-11,13H,7-8,12H2,1-2H3,(H,24,30)(H,23,26,27). The zero-order valence-corrected chi connectivity index (χ0v) is 17.2. The van der Waals surface area contributed by atoms with E-state index in [4.69, 9.17) is 0 Å². The molecule has 158 valence electrons. The fourth-order valence-electron chi connectivity index (χ4n) is 3.21. The van der Waals surface area contributed by atoms with Gasteiger partial charge in [-0.1, -0.05) is 12.1 Å². The molecule has 1 amide bonds. The smallest absolute Gasteiger partial charge is 0.261 e. The first-order chi connectivity index (χ1) is 15.0. The quantitative estimate of drug-likeness (QED) is 0.433. The lowest BCUT2D eigenvalue weighted by Gasteiger charge is -2.11. The van der Waals surface area contributed by atoms with Gasteiger partial charge in [-0.15, -0.1) is 0 Å². The molecule has 10 heteroatoms. The topological polar surface area (TPSA) is 120 Å². The fourth-order valence-corrected chi connectivity index (χ4v) is 3.21. The molecule has 31 heavy (non-hydrogen) atoms. The van der Waals surface area contributed by atoms with Crippen molar-refractivity contribution in [3.63, 3.8) is 0 Å². The van der Waals surface area contributed by atoms with Gasteiger partial charge >= 0.3 is 0 Å². The Kier molecular flexibility index (Phi) is 5.69. The number of fused-ring (bicyclic) bond motifs is 1. The van der Waals surface area contributed by atoms with E-state index in [1.54, 1.807) is 24.4 Å². The second kappa shape index (κ2) is 8.74. The summed E-state index contributed by atoms with van der Waals surface area (Å²) >= 11 is 0. The average molecular weight is 418 g/mol. The number of anilines is 1.